The normalized spacial score (nSPS) is 16.6. The molecule has 1 unspecified atom stereocenters. The molecule has 0 spiro atoms. The van der Waals surface area contributed by atoms with Gasteiger partial charge in [-0.1, -0.05) is 31.5 Å². The van der Waals surface area contributed by atoms with Crippen LogP contribution in [0.15, 0.2) is 34.2 Å². The van der Waals surface area contributed by atoms with Crippen molar-refractivity contribution in [3.63, 3.8) is 0 Å². The molecule has 31 heavy (non-hydrogen) atoms. The SMILES string of the molecule is CN=C(NCCNS(=O)(=O)c1ccc(C)cc1)NCC(CC(C)C)N1CCOCC1.I. The van der Waals surface area contributed by atoms with Gasteiger partial charge in [0.15, 0.2) is 5.96 Å². The van der Waals surface area contributed by atoms with Crippen molar-refractivity contribution in [3.05, 3.63) is 29.8 Å². The van der Waals surface area contributed by atoms with Crippen LogP contribution in [0.4, 0.5) is 0 Å². The van der Waals surface area contributed by atoms with Crippen molar-refractivity contribution in [2.75, 3.05) is 53.0 Å². The van der Waals surface area contributed by atoms with E-state index < -0.39 is 10.0 Å². The zero-order valence-electron chi connectivity index (χ0n) is 19.1. The molecule has 2 rings (SSSR count). The molecular weight excluding hydrogens is 529 g/mol. The number of hydrogen-bond acceptors (Lipinski definition) is 5. The molecule has 1 atom stereocenters. The van der Waals surface area contributed by atoms with Crippen molar-refractivity contribution >= 4 is 40.0 Å². The van der Waals surface area contributed by atoms with E-state index in [4.69, 9.17) is 4.74 Å². The maximum Gasteiger partial charge on any atom is 0.240 e. The first-order chi connectivity index (χ1) is 14.3. The minimum absolute atomic E-state index is 0. The van der Waals surface area contributed by atoms with Gasteiger partial charge in [0, 0.05) is 45.8 Å². The molecule has 3 N–H and O–H groups in total. The van der Waals surface area contributed by atoms with E-state index in [1.807, 2.05) is 6.92 Å². The van der Waals surface area contributed by atoms with E-state index >= 15 is 0 Å². The third-order valence-corrected chi connectivity index (χ3v) is 6.55. The predicted molar refractivity (Wildman–Crippen MR) is 137 cm³/mol. The summed E-state index contributed by atoms with van der Waals surface area (Å²) in [6.45, 7) is 11.4. The van der Waals surface area contributed by atoms with E-state index in [0.717, 1.165) is 44.8 Å². The maximum atomic E-state index is 12.3. The van der Waals surface area contributed by atoms with Crippen molar-refractivity contribution < 1.29 is 13.2 Å². The van der Waals surface area contributed by atoms with Gasteiger partial charge < -0.3 is 15.4 Å². The summed E-state index contributed by atoms with van der Waals surface area (Å²) in [6, 6.07) is 7.23. The molecule has 0 saturated carbocycles. The summed E-state index contributed by atoms with van der Waals surface area (Å²) in [5.41, 5.74) is 1.03. The fourth-order valence-electron chi connectivity index (χ4n) is 3.45. The van der Waals surface area contributed by atoms with Gasteiger partial charge in [-0.3, -0.25) is 9.89 Å². The van der Waals surface area contributed by atoms with Gasteiger partial charge in [0.1, 0.15) is 0 Å². The first-order valence-corrected chi connectivity index (χ1v) is 12.1. The first-order valence-electron chi connectivity index (χ1n) is 10.6. The summed E-state index contributed by atoms with van der Waals surface area (Å²) in [5, 5.41) is 6.57. The predicted octanol–water partition coefficient (Wildman–Crippen LogP) is 1.80. The topological polar surface area (TPSA) is 95.1 Å². The molecule has 0 aliphatic carbocycles. The van der Waals surface area contributed by atoms with E-state index in [1.54, 1.807) is 31.3 Å². The molecular formula is C21H38IN5O3S. The molecule has 1 fully saturated rings. The van der Waals surface area contributed by atoms with Crippen molar-refractivity contribution in [2.24, 2.45) is 10.9 Å². The number of morpholine rings is 1. The van der Waals surface area contributed by atoms with Crippen LogP contribution in [-0.2, 0) is 14.8 Å². The Balaban J connectivity index is 0.00000480. The number of benzene rings is 1. The summed E-state index contributed by atoms with van der Waals surface area (Å²) in [7, 11) is -1.78. The molecule has 10 heteroatoms. The molecule has 1 aliphatic heterocycles. The largest absolute Gasteiger partial charge is 0.379 e. The average Bonchev–Trinajstić information content (AvgIpc) is 2.73. The van der Waals surface area contributed by atoms with E-state index in [9.17, 15) is 8.42 Å². The smallest absolute Gasteiger partial charge is 0.240 e. The van der Waals surface area contributed by atoms with Gasteiger partial charge in [-0.2, -0.15) is 0 Å². The Bertz CT molecular complexity index is 766. The Morgan fingerprint density at radius 2 is 1.77 bits per heavy atom. The fraction of sp³-hybridized carbons (Fsp3) is 0.667. The number of nitrogens with one attached hydrogen (secondary N) is 3. The van der Waals surface area contributed by atoms with E-state index in [2.05, 4.69) is 39.1 Å². The van der Waals surface area contributed by atoms with Crippen LogP contribution in [0.3, 0.4) is 0 Å². The third kappa shape index (κ3) is 10.0. The van der Waals surface area contributed by atoms with Gasteiger partial charge in [0.05, 0.1) is 18.1 Å². The first kappa shape index (κ1) is 28.1. The molecule has 0 bridgehead atoms. The van der Waals surface area contributed by atoms with Crippen LogP contribution in [0.5, 0.6) is 0 Å². The monoisotopic (exact) mass is 567 g/mol. The third-order valence-electron chi connectivity index (χ3n) is 5.08. The van der Waals surface area contributed by atoms with E-state index in [1.165, 1.54) is 0 Å². The number of ether oxygens (including phenoxy) is 1. The summed E-state index contributed by atoms with van der Waals surface area (Å²) in [6.07, 6.45) is 1.10. The van der Waals surface area contributed by atoms with Gasteiger partial charge in [0.2, 0.25) is 10.0 Å². The summed E-state index contributed by atoms with van der Waals surface area (Å²) in [5.74, 6) is 1.28. The van der Waals surface area contributed by atoms with Gasteiger partial charge in [-0.15, -0.1) is 24.0 Å². The number of guanidine groups is 1. The molecule has 0 amide bonds. The second-order valence-electron chi connectivity index (χ2n) is 8.02. The summed E-state index contributed by atoms with van der Waals surface area (Å²) >= 11 is 0. The Kier molecular flexibility index (Phi) is 12.9. The Morgan fingerprint density at radius 1 is 1.13 bits per heavy atom. The number of aliphatic imine (C=N–C) groups is 1. The highest BCUT2D eigenvalue weighted by molar-refractivity contribution is 14.0. The molecule has 1 aromatic rings. The fourth-order valence-corrected chi connectivity index (χ4v) is 4.48. The Morgan fingerprint density at radius 3 is 2.35 bits per heavy atom. The molecule has 1 aromatic carbocycles. The lowest BCUT2D eigenvalue weighted by atomic mass is 10.0. The zero-order chi connectivity index (χ0) is 22.0. The highest BCUT2D eigenvalue weighted by Gasteiger charge is 2.22. The number of halogens is 1. The Hall–Kier alpha value is -0.950. The highest BCUT2D eigenvalue weighted by Crippen LogP contribution is 2.13. The van der Waals surface area contributed by atoms with Gasteiger partial charge >= 0.3 is 0 Å². The lowest BCUT2D eigenvalue weighted by Crippen LogP contribution is -2.51. The lowest BCUT2D eigenvalue weighted by molar-refractivity contribution is 0.0132. The molecule has 0 radical (unpaired) electrons. The summed E-state index contributed by atoms with van der Waals surface area (Å²) in [4.78, 5) is 7.01. The molecule has 178 valence electrons. The van der Waals surface area contributed by atoms with Crippen molar-refractivity contribution in [2.45, 2.75) is 38.1 Å². The van der Waals surface area contributed by atoms with Crippen LogP contribution in [0, 0.1) is 12.8 Å². The number of nitrogens with zero attached hydrogens (tertiary/aromatic N) is 2. The van der Waals surface area contributed by atoms with E-state index in [-0.39, 0.29) is 35.4 Å². The number of sulfonamides is 1. The van der Waals surface area contributed by atoms with Gasteiger partial charge in [-0.05, 0) is 31.4 Å². The Labute approximate surface area is 204 Å². The number of hydrogen-bond donors (Lipinski definition) is 3. The standard InChI is InChI=1S/C21H37N5O3S.HI/c1-17(2)15-19(26-11-13-29-14-12-26)16-24-21(22-4)23-9-10-25-30(27,28)20-7-5-18(3)6-8-20;/h5-8,17,19,25H,9-16H2,1-4H3,(H2,22,23,24);1H. The number of rotatable bonds is 10. The van der Waals surface area contributed by atoms with Crippen molar-refractivity contribution in [1.29, 1.82) is 0 Å². The minimum atomic E-state index is -3.50. The zero-order valence-corrected chi connectivity index (χ0v) is 22.2. The van der Waals surface area contributed by atoms with Gasteiger partial charge in [0.25, 0.3) is 0 Å². The van der Waals surface area contributed by atoms with Gasteiger partial charge in [-0.25, -0.2) is 13.1 Å². The van der Waals surface area contributed by atoms with Crippen molar-refractivity contribution in [3.8, 4) is 0 Å². The van der Waals surface area contributed by atoms with Crippen LogP contribution in [0.1, 0.15) is 25.8 Å². The molecule has 8 nitrogen and oxygen atoms in total. The summed E-state index contributed by atoms with van der Waals surface area (Å²) < 4.78 is 32.8. The number of aryl methyl sites for hydroxylation is 1. The minimum Gasteiger partial charge on any atom is -0.379 e. The van der Waals surface area contributed by atoms with Crippen LogP contribution in [-0.4, -0.2) is 78.3 Å². The molecule has 0 aromatic heterocycles. The molecule has 1 heterocycles. The average molecular weight is 568 g/mol. The second kappa shape index (κ2) is 14.2. The lowest BCUT2D eigenvalue weighted by Gasteiger charge is -2.35. The van der Waals surface area contributed by atoms with Crippen LogP contribution in [0.2, 0.25) is 0 Å². The maximum absolute atomic E-state index is 12.3. The van der Waals surface area contributed by atoms with Crippen molar-refractivity contribution in [1.82, 2.24) is 20.3 Å². The second-order valence-corrected chi connectivity index (χ2v) is 9.79. The van der Waals surface area contributed by atoms with Crippen LogP contribution in [0.25, 0.3) is 0 Å². The van der Waals surface area contributed by atoms with Crippen LogP contribution < -0.4 is 15.4 Å². The highest BCUT2D eigenvalue weighted by atomic mass is 127. The quantitative estimate of drug-likeness (QED) is 0.173. The molecule has 1 saturated heterocycles. The van der Waals surface area contributed by atoms with Crippen LogP contribution >= 0.6 is 24.0 Å². The molecule has 1 aliphatic rings. The van der Waals surface area contributed by atoms with E-state index in [0.29, 0.717) is 24.5 Å².